The molecule has 0 radical (unpaired) electrons. The molecule has 0 fully saturated rings. The lowest BCUT2D eigenvalue weighted by Crippen LogP contribution is -2.37. The van der Waals surface area contributed by atoms with Gasteiger partial charge in [-0.3, -0.25) is 4.79 Å². The summed E-state index contributed by atoms with van der Waals surface area (Å²) in [5, 5.41) is 51.2. The average Bonchev–Trinajstić information content (AvgIpc) is 2.88. The number of unbranched alkanes of at least 4 members (excludes halogenated alkanes) is 12. The minimum Gasteiger partial charge on any atom is -0.462 e. The van der Waals surface area contributed by atoms with Crippen LogP contribution in [-0.4, -0.2) is 80.2 Å². The number of esters is 2. The molecule has 0 aromatic heterocycles. The van der Waals surface area contributed by atoms with E-state index in [0.29, 0.717) is 6.42 Å². The first-order valence-corrected chi connectivity index (χ1v) is 16.1. The van der Waals surface area contributed by atoms with Gasteiger partial charge in [0.25, 0.3) is 0 Å². The second-order valence-corrected chi connectivity index (χ2v) is 11.9. The topological polar surface area (TPSA) is 154 Å². The van der Waals surface area contributed by atoms with Crippen molar-refractivity contribution in [1.82, 2.24) is 0 Å². The normalized spacial score (nSPS) is 20.7. The van der Waals surface area contributed by atoms with Crippen LogP contribution in [0.15, 0.2) is 12.2 Å². The van der Waals surface area contributed by atoms with Crippen molar-refractivity contribution in [3.8, 4) is 0 Å². The molecule has 41 heavy (non-hydrogen) atoms. The number of ether oxygens (including phenoxy) is 2. The zero-order valence-electron chi connectivity index (χ0n) is 25.5. The summed E-state index contributed by atoms with van der Waals surface area (Å²) in [6.07, 6.45) is 13.0. The summed E-state index contributed by atoms with van der Waals surface area (Å²) in [4.78, 5) is 22.9. The minimum absolute atomic E-state index is 0.00721. The second-order valence-electron chi connectivity index (χ2n) is 11.9. The molecule has 5 N–H and O–H groups in total. The number of hydrogen-bond acceptors (Lipinski definition) is 9. The van der Waals surface area contributed by atoms with Gasteiger partial charge in [-0.25, -0.2) is 4.79 Å². The van der Waals surface area contributed by atoms with E-state index in [0.717, 1.165) is 25.3 Å². The minimum atomic E-state index is -1.05. The summed E-state index contributed by atoms with van der Waals surface area (Å²) in [6, 6.07) is 0. The molecule has 1 aliphatic rings. The summed E-state index contributed by atoms with van der Waals surface area (Å²) in [5.41, 5.74) is 0. The molecular formula is C32H58O9. The van der Waals surface area contributed by atoms with Crippen molar-refractivity contribution in [3.63, 3.8) is 0 Å². The lowest BCUT2D eigenvalue weighted by Gasteiger charge is -2.27. The quantitative estimate of drug-likeness (QED) is 0.0760. The highest BCUT2D eigenvalue weighted by molar-refractivity contribution is 5.83. The van der Waals surface area contributed by atoms with Gasteiger partial charge in [-0.15, -0.1) is 0 Å². The highest BCUT2D eigenvalue weighted by Crippen LogP contribution is 2.21. The second kappa shape index (κ2) is 23.0. The fourth-order valence-corrected chi connectivity index (χ4v) is 5.49. The smallest absolute Gasteiger partial charge is 0.330 e. The predicted octanol–water partition coefficient (Wildman–Crippen LogP) is 4.64. The molecule has 0 saturated carbocycles. The predicted molar refractivity (Wildman–Crippen MR) is 158 cm³/mol. The maximum absolute atomic E-state index is 11.6. The van der Waals surface area contributed by atoms with E-state index in [1.165, 1.54) is 77.2 Å². The van der Waals surface area contributed by atoms with Gasteiger partial charge in [0.2, 0.25) is 0 Å². The van der Waals surface area contributed by atoms with E-state index in [1.807, 2.05) is 0 Å². The average molecular weight is 587 g/mol. The molecule has 1 aliphatic heterocycles. The van der Waals surface area contributed by atoms with Crippen LogP contribution in [0.25, 0.3) is 0 Å². The summed E-state index contributed by atoms with van der Waals surface area (Å²) in [5.74, 6) is -0.996. The summed E-state index contributed by atoms with van der Waals surface area (Å²) >= 11 is 0. The van der Waals surface area contributed by atoms with Crippen LogP contribution >= 0.6 is 0 Å². The Labute approximate surface area is 247 Å². The van der Waals surface area contributed by atoms with Gasteiger partial charge in [0.1, 0.15) is 18.3 Å². The zero-order valence-corrected chi connectivity index (χ0v) is 25.5. The van der Waals surface area contributed by atoms with Crippen LogP contribution in [-0.2, 0) is 19.1 Å². The molecule has 0 bridgehead atoms. The summed E-state index contributed by atoms with van der Waals surface area (Å²) < 4.78 is 10.4. The first kappa shape index (κ1) is 37.5. The van der Waals surface area contributed by atoms with E-state index in [2.05, 4.69) is 6.92 Å². The Morgan fingerprint density at radius 2 is 1.24 bits per heavy atom. The lowest BCUT2D eigenvalue weighted by atomic mass is 9.95. The van der Waals surface area contributed by atoms with Gasteiger partial charge >= 0.3 is 11.9 Å². The molecule has 0 aromatic carbocycles. The Bertz CT molecular complexity index is 713. The molecule has 0 aromatic rings. The number of carbonyl (C=O) groups is 2. The zero-order chi connectivity index (χ0) is 30.5. The maximum atomic E-state index is 11.6. The number of aliphatic hydroxyl groups excluding tert-OH is 5. The SMILES string of the molecule is CCCCCCCCCCCCCCC[C@H](C[C@H](O)C[C@H](O)C[C@H](O)C[C@H](O)C[C@H]1OC(=O)C=C[C@@H]1O)OC(C)=O. The molecule has 7 atom stereocenters. The van der Waals surface area contributed by atoms with Crippen molar-refractivity contribution in [2.75, 3.05) is 0 Å². The van der Waals surface area contributed by atoms with E-state index in [4.69, 9.17) is 9.47 Å². The molecular weight excluding hydrogens is 528 g/mol. The summed E-state index contributed by atoms with van der Waals surface area (Å²) in [7, 11) is 0. The largest absolute Gasteiger partial charge is 0.462 e. The number of carbonyl (C=O) groups excluding carboxylic acids is 2. The van der Waals surface area contributed by atoms with Crippen molar-refractivity contribution in [2.24, 2.45) is 0 Å². The molecule has 0 amide bonds. The van der Waals surface area contributed by atoms with E-state index in [-0.39, 0.29) is 32.1 Å². The molecule has 240 valence electrons. The standard InChI is InChI=1S/C32H58O9/c1-3-4-5-6-7-8-9-10-11-12-13-14-15-16-29(40-24(2)33)22-27(36)20-25(34)19-26(35)21-28(37)23-31-30(38)17-18-32(39)41-31/h17-18,25-31,34-38H,3-16,19-23H2,1-2H3/t25-,26+,27-,28+,29-,30+,31-/m1/s1. The molecule has 1 heterocycles. The van der Waals surface area contributed by atoms with Crippen LogP contribution in [0.2, 0.25) is 0 Å². The van der Waals surface area contributed by atoms with Crippen LogP contribution < -0.4 is 0 Å². The van der Waals surface area contributed by atoms with Gasteiger partial charge in [0, 0.05) is 25.8 Å². The first-order valence-electron chi connectivity index (χ1n) is 16.1. The number of hydrogen-bond donors (Lipinski definition) is 5. The van der Waals surface area contributed by atoms with Gasteiger partial charge in [0.05, 0.1) is 24.4 Å². The van der Waals surface area contributed by atoms with Gasteiger partial charge in [0.15, 0.2) is 0 Å². The van der Waals surface area contributed by atoms with Crippen molar-refractivity contribution in [2.45, 2.75) is 179 Å². The molecule has 0 spiro atoms. The molecule has 1 rings (SSSR count). The monoisotopic (exact) mass is 586 g/mol. The van der Waals surface area contributed by atoms with E-state index < -0.39 is 54.7 Å². The third kappa shape index (κ3) is 20.1. The van der Waals surface area contributed by atoms with Crippen LogP contribution in [0.1, 0.15) is 136 Å². The Hall–Kier alpha value is -1.52. The van der Waals surface area contributed by atoms with Crippen LogP contribution in [0.5, 0.6) is 0 Å². The number of rotatable bonds is 25. The molecule has 0 aliphatic carbocycles. The van der Waals surface area contributed by atoms with Gasteiger partial charge < -0.3 is 35.0 Å². The molecule has 0 saturated heterocycles. The fourth-order valence-electron chi connectivity index (χ4n) is 5.49. The van der Waals surface area contributed by atoms with Gasteiger partial charge in [-0.05, 0) is 38.2 Å². The van der Waals surface area contributed by atoms with Crippen molar-refractivity contribution in [1.29, 1.82) is 0 Å². The Morgan fingerprint density at radius 1 is 0.780 bits per heavy atom. The fraction of sp³-hybridized carbons (Fsp3) is 0.875. The van der Waals surface area contributed by atoms with Gasteiger partial charge in [-0.1, -0.05) is 84.0 Å². The van der Waals surface area contributed by atoms with E-state index in [9.17, 15) is 35.1 Å². The third-order valence-electron chi connectivity index (χ3n) is 7.71. The van der Waals surface area contributed by atoms with Crippen LogP contribution in [0, 0.1) is 0 Å². The van der Waals surface area contributed by atoms with Crippen LogP contribution in [0.3, 0.4) is 0 Å². The molecule has 9 heteroatoms. The Kier molecular flexibility index (Phi) is 21.0. The van der Waals surface area contributed by atoms with Crippen molar-refractivity contribution >= 4 is 11.9 Å². The maximum Gasteiger partial charge on any atom is 0.330 e. The third-order valence-corrected chi connectivity index (χ3v) is 7.71. The lowest BCUT2D eigenvalue weighted by molar-refractivity contribution is -0.152. The van der Waals surface area contributed by atoms with Gasteiger partial charge in [-0.2, -0.15) is 0 Å². The highest BCUT2D eigenvalue weighted by atomic mass is 16.6. The van der Waals surface area contributed by atoms with Crippen LogP contribution in [0.4, 0.5) is 0 Å². The molecule has 0 unspecified atom stereocenters. The highest BCUT2D eigenvalue weighted by Gasteiger charge is 2.29. The Balaban J connectivity index is 2.21. The number of cyclic esters (lactones) is 1. The first-order chi connectivity index (χ1) is 19.6. The molecule has 9 nitrogen and oxygen atoms in total. The number of aliphatic hydroxyl groups is 5. The van der Waals surface area contributed by atoms with E-state index in [1.54, 1.807) is 0 Å². The van der Waals surface area contributed by atoms with Crippen molar-refractivity contribution in [3.05, 3.63) is 12.2 Å². The van der Waals surface area contributed by atoms with Crippen molar-refractivity contribution < 1.29 is 44.6 Å². The Morgan fingerprint density at radius 3 is 1.76 bits per heavy atom. The van der Waals surface area contributed by atoms with E-state index >= 15 is 0 Å². The summed E-state index contributed by atoms with van der Waals surface area (Å²) in [6.45, 7) is 3.59.